The van der Waals surface area contributed by atoms with Crippen LogP contribution in [0.2, 0.25) is 0 Å². The maximum Gasteiger partial charge on any atom is 0.297 e. The van der Waals surface area contributed by atoms with Gasteiger partial charge in [0, 0.05) is 31.4 Å². The zero-order valence-electron chi connectivity index (χ0n) is 13.3. The lowest BCUT2D eigenvalue weighted by Crippen LogP contribution is -2.34. The van der Waals surface area contributed by atoms with Crippen molar-refractivity contribution in [2.45, 2.75) is 32.1 Å². The van der Waals surface area contributed by atoms with Crippen LogP contribution in [0.1, 0.15) is 37.9 Å². The average molecular weight is 334 g/mol. The highest BCUT2D eigenvalue weighted by molar-refractivity contribution is 5.89. The van der Waals surface area contributed by atoms with E-state index < -0.39 is 12.2 Å². The molecule has 0 bridgehead atoms. The van der Waals surface area contributed by atoms with Gasteiger partial charge < -0.3 is 10.2 Å². The number of hydrogen-bond donors (Lipinski definition) is 1. The van der Waals surface area contributed by atoms with Gasteiger partial charge >= 0.3 is 0 Å². The van der Waals surface area contributed by atoms with E-state index in [0.717, 1.165) is 25.8 Å². The van der Waals surface area contributed by atoms with E-state index in [1.165, 1.54) is 0 Å². The molecule has 1 aromatic heterocycles. The second-order valence-corrected chi connectivity index (χ2v) is 5.87. The van der Waals surface area contributed by atoms with E-state index >= 15 is 0 Å². The molecule has 2 heterocycles. The molecule has 1 aromatic carbocycles. The molecule has 0 spiro atoms. The summed E-state index contributed by atoms with van der Waals surface area (Å²) in [5, 5.41) is 3.79. The number of aromatic nitrogens is 2. The van der Waals surface area contributed by atoms with Gasteiger partial charge in [-0.05, 0) is 25.0 Å². The number of rotatable bonds is 5. The van der Waals surface area contributed by atoms with Gasteiger partial charge in [0.05, 0.1) is 5.52 Å². The van der Waals surface area contributed by atoms with Crippen molar-refractivity contribution in [1.29, 1.82) is 0 Å². The first kappa shape index (κ1) is 16.5. The highest BCUT2D eigenvalue weighted by Gasteiger charge is 2.17. The minimum Gasteiger partial charge on any atom is -0.368 e. The Morgan fingerprint density at radius 1 is 1.17 bits per heavy atom. The van der Waals surface area contributed by atoms with E-state index in [4.69, 9.17) is 0 Å². The van der Waals surface area contributed by atoms with Gasteiger partial charge in [-0.2, -0.15) is 0 Å². The molecule has 0 radical (unpaired) electrons. The summed E-state index contributed by atoms with van der Waals surface area (Å²) in [5.74, 6) is 0.0651. The summed E-state index contributed by atoms with van der Waals surface area (Å²) in [6.45, 7) is 1.77. The normalized spacial score (nSPS) is 15.8. The summed E-state index contributed by atoms with van der Waals surface area (Å²) in [4.78, 5) is 21.7. The maximum atomic E-state index is 13.0. The van der Waals surface area contributed by atoms with Crippen LogP contribution in [0.15, 0.2) is 24.3 Å². The Hall–Kier alpha value is -2.31. The van der Waals surface area contributed by atoms with Gasteiger partial charge in [0.2, 0.25) is 5.91 Å². The first-order chi connectivity index (χ1) is 11.6. The fourth-order valence-corrected chi connectivity index (χ4v) is 2.91. The highest BCUT2D eigenvalue weighted by atomic mass is 19.3. The molecule has 1 amide bonds. The Morgan fingerprint density at radius 2 is 2.00 bits per heavy atom. The summed E-state index contributed by atoms with van der Waals surface area (Å²) >= 11 is 0. The van der Waals surface area contributed by atoms with Crippen molar-refractivity contribution in [2.24, 2.45) is 0 Å². The van der Waals surface area contributed by atoms with Crippen LogP contribution >= 0.6 is 0 Å². The fraction of sp³-hybridized carbons (Fsp3) is 0.471. The molecule has 1 aliphatic rings. The van der Waals surface area contributed by atoms with Crippen molar-refractivity contribution in [3.05, 3.63) is 30.1 Å². The van der Waals surface area contributed by atoms with Crippen LogP contribution < -0.4 is 5.32 Å². The highest BCUT2D eigenvalue weighted by Crippen LogP contribution is 2.24. The number of hydrogen-bond acceptors (Lipinski definition) is 4. The van der Waals surface area contributed by atoms with Crippen LogP contribution in [0.3, 0.4) is 0 Å². The molecular weight excluding hydrogens is 314 g/mol. The van der Waals surface area contributed by atoms with Crippen LogP contribution in [0.4, 0.5) is 14.6 Å². The van der Waals surface area contributed by atoms with Crippen molar-refractivity contribution < 1.29 is 13.6 Å². The van der Waals surface area contributed by atoms with Crippen LogP contribution in [0, 0.1) is 0 Å². The van der Waals surface area contributed by atoms with Gasteiger partial charge in [-0.3, -0.25) is 4.79 Å². The zero-order chi connectivity index (χ0) is 16.9. The Labute approximate surface area is 139 Å². The number of nitrogens with one attached hydrogen (secondary N) is 1. The zero-order valence-corrected chi connectivity index (χ0v) is 13.3. The van der Waals surface area contributed by atoms with Crippen molar-refractivity contribution >= 4 is 22.6 Å². The van der Waals surface area contributed by atoms with Gasteiger partial charge in [0.25, 0.3) is 6.43 Å². The van der Waals surface area contributed by atoms with Gasteiger partial charge in [-0.15, -0.1) is 0 Å². The van der Waals surface area contributed by atoms with E-state index in [9.17, 15) is 13.6 Å². The smallest absolute Gasteiger partial charge is 0.297 e. The van der Waals surface area contributed by atoms with Gasteiger partial charge in [-0.25, -0.2) is 18.7 Å². The number of nitrogens with zero attached hydrogens (tertiary/aromatic N) is 3. The topological polar surface area (TPSA) is 58.1 Å². The number of anilines is 1. The average Bonchev–Trinajstić information content (AvgIpc) is 2.79. The molecule has 1 aliphatic heterocycles. The van der Waals surface area contributed by atoms with E-state index in [2.05, 4.69) is 15.3 Å². The minimum atomic E-state index is -2.72. The molecule has 7 heteroatoms. The van der Waals surface area contributed by atoms with Gasteiger partial charge in [0.1, 0.15) is 5.82 Å². The van der Waals surface area contributed by atoms with E-state index in [-0.39, 0.29) is 5.91 Å². The standard InChI is InChI=1S/C17H20F2N4O/c18-15(19)17-21-13-7-4-3-6-12(13)16(22-17)20-9-11-23-10-5-1-2-8-14(23)24/h3-4,6-7,15H,1-2,5,8-11H2,(H,20,21,22). The number of benzene rings is 1. The molecule has 3 rings (SSSR count). The molecule has 0 unspecified atom stereocenters. The second kappa shape index (κ2) is 7.51. The Balaban J connectivity index is 1.73. The number of amides is 1. The van der Waals surface area contributed by atoms with E-state index in [1.54, 1.807) is 18.2 Å². The maximum absolute atomic E-state index is 13.0. The van der Waals surface area contributed by atoms with E-state index in [1.807, 2.05) is 11.0 Å². The number of carbonyl (C=O) groups excluding carboxylic acids is 1. The summed E-state index contributed by atoms with van der Waals surface area (Å²) in [6.07, 6.45) is 0.896. The molecule has 5 nitrogen and oxygen atoms in total. The molecule has 24 heavy (non-hydrogen) atoms. The van der Waals surface area contributed by atoms with Crippen molar-refractivity contribution in [3.63, 3.8) is 0 Å². The number of fused-ring (bicyclic) bond motifs is 1. The van der Waals surface area contributed by atoms with Crippen LogP contribution in [0.5, 0.6) is 0 Å². The Bertz CT molecular complexity index is 723. The third-order valence-corrected chi connectivity index (χ3v) is 4.16. The summed E-state index contributed by atoms with van der Waals surface area (Å²) in [7, 11) is 0. The minimum absolute atomic E-state index is 0.162. The van der Waals surface area contributed by atoms with Crippen molar-refractivity contribution in [1.82, 2.24) is 14.9 Å². The van der Waals surface area contributed by atoms with Crippen LogP contribution in [-0.2, 0) is 4.79 Å². The van der Waals surface area contributed by atoms with Crippen molar-refractivity contribution in [2.75, 3.05) is 25.0 Å². The Morgan fingerprint density at radius 3 is 2.83 bits per heavy atom. The lowest BCUT2D eigenvalue weighted by molar-refractivity contribution is -0.130. The number of halogens is 2. The summed E-state index contributed by atoms with van der Waals surface area (Å²) in [6, 6.07) is 7.05. The predicted molar refractivity (Wildman–Crippen MR) is 88.0 cm³/mol. The first-order valence-electron chi connectivity index (χ1n) is 8.21. The first-order valence-corrected chi connectivity index (χ1v) is 8.21. The number of carbonyl (C=O) groups is 1. The Kier molecular flexibility index (Phi) is 5.17. The molecule has 128 valence electrons. The van der Waals surface area contributed by atoms with Crippen molar-refractivity contribution in [3.8, 4) is 0 Å². The monoisotopic (exact) mass is 334 g/mol. The SMILES string of the molecule is O=C1CCCCCN1CCNc1nc(C(F)F)nc2ccccc12. The molecule has 1 saturated heterocycles. The largest absolute Gasteiger partial charge is 0.368 e. The van der Waals surface area contributed by atoms with E-state index in [0.29, 0.717) is 36.2 Å². The lowest BCUT2D eigenvalue weighted by Gasteiger charge is -2.21. The lowest BCUT2D eigenvalue weighted by atomic mass is 10.2. The van der Waals surface area contributed by atoms with Crippen LogP contribution in [0.25, 0.3) is 10.9 Å². The quantitative estimate of drug-likeness (QED) is 0.911. The molecule has 1 fully saturated rings. The number of para-hydroxylation sites is 1. The molecule has 2 aromatic rings. The van der Waals surface area contributed by atoms with Crippen LogP contribution in [-0.4, -0.2) is 40.4 Å². The fourth-order valence-electron chi connectivity index (χ4n) is 2.91. The van der Waals surface area contributed by atoms with Gasteiger partial charge in [-0.1, -0.05) is 18.6 Å². The second-order valence-electron chi connectivity index (χ2n) is 5.87. The summed E-state index contributed by atoms with van der Waals surface area (Å²) < 4.78 is 26.0. The molecule has 0 saturated carbocycles. The third-order valence-electron chi connectivity index (χ3n) is 4.16. The third kappa shape index (κ3) is 3.77. The molecular formula is C17H20F2N4O. The van der Waals surface area contributed by atoms with Gasteiger partial charge in [0.15, 0.2) is 5.82 Å². The molecule has 0 atom stereocenters. The summed E-state index contributed by atoms with van der Waals surface area (Å²) in [5.41, 5.74) is 0.483. The molecule has 1 N–H and O–H groups in total. The number of alkyl halides is 2. The predicted octanol–water partition coefficient (Wildman–Crippen LogP) is 3.38. The molecule has 0 aliphatic carbocycles. The number of likely N-dealkylation sites (tertiary alicyclic amines) is 1.